The van der Waals surface area contributed by atoms with Crippen LogP contribution in [0.1, 0.15) is 30.9 Å². The highest BCUT2D eigenvalue weighted by Gasteiger charge is 2.09. The molecule has 2 aromatic rings. The second-order valence-electron chi connectivity index (χ2n) is 5.99. The maximum atomic E-state index is 12.0. The van der Waals surface area contributed by atoms with Crippen molar-refractivity contribution >= 4 is 40.9 Å². The van der Waals surface area contributed by atoms with Crippen LogP contribution in [0, 0.1) is 6.92 Å². The van der Waals surface area contributed by atoms with E-state index in [1.54, 1.807) is 25.1 Å². The van der Waals surface area contributed by atoms with Crippen LogP contribution >= 0.6 is 11.6 Å². The summed E-state index contributed by atoms with van der Waals surface area (Å²) in [4.78, 5) is 23.9. The first kappa shape index (κ1) is 20.4. The largest absolute Gasteiger partial charge is 0.326 e. The van der Waals surface area contributed by atoms with Gasteiger partial charge < -0.3 is 5.32 Å². The topological polar surface area (TPSA) is 70.6 Å². The number of amides is 2. The minimum atomic E-state index is -0.319. The predicted molar refractivity (Wildman–Crippen MR) is 111 cm³/mol. The number of hydrogen-bond acceptors (Lipinski definition) is 3. The summed E-state index contributed by atoms with van der Waals surface area (Å²) in [7, 11) is 0. The Labute approximate surface area is 164 Å². The molecule has 0 fully saturated rings. The van der Waals surface area contributed by atoms with Crippen molar-refractivity contribution in [2.75, 3.05) is 5.32 Å². The van der Waals surface area contributed by atoms with Crippen LogP contribution in [0.2, 0.25) is 5.02 Å². The monoisotopic (exact) mass is 383 g/mol. The van der Waals surface area contributed by atoms with Gasteiger partial charge in [0.1, 0.15) is 0 Å². The molecule has 0 saturated heterocycles. The highest BCUT2D eigenvalue weighted by molar-refractivity contribution is 6.31. The smallest absolute Gasteiger partial charge is 0.240 e. The van der Waals surface area contributed by atoms with E-state index >= 15 is 0 Å². The van der Waals surface area contributed by atoms with Crippen molar-refractivity contribution in [3.05, 3.63) is 70.8 Å². The first-order chi connectivity index (χ1) is 13.0. The molecule has 2 N–H and O–H groups in total. The van der Waals surface area contributed by atoms with Crippen molar-refractivity contribution < 1.29 is 9.59 Å². The number of hydrogen-bond donors (Lipinski definition) is 2. The van der Waals surface area contributed by atoms with Crippen molar-refractivity contribution in [1.82, 2.24) is 5.43 Å². The van der Waals surface area contributed by atoms with Gasteiger partial charge in [-0.1, -0.05) is 54.1 Å². The highest BCUT2D eigenvalue weighted by atomic mass is 35.5. The number of carbonyl (C=O) groups excluding carboxylic acids is 2. The highest BCUT2D eigenvalue weighted by Crippen LogP contribution is 2.23. The zero-order valence-corrected chi connectivity index (χ0v) is 16.1. The third-order valence-electron chi connectivity index (χ3n) is 3.79. The summed E-state index contributed by atoms with van der Waals surface area (Å²) >= 11 is 6.02. The van der Waals surface area contributed by atoms with Crippen LogP contribution in [0.4, 0.5) is 5.69 Å². The summed E-state index contributed by atoms with van der Waals surface area (Å²) in [6.07, 6.45) is 3.83. The van der Waals surface area contributed by atoms with Gasteiger partial charge in [-0.3, -0.25) is 9.59 Å². The third-order valence-corrected chi connectivity index (χ3v) is 4.20. The number of hydrazone groups is 1. The zero-order valence-electron chi connectivity index (χ0n) is 15.3. The van der Waals surface area contributed by atoms with E-state index in [1.807, 2.05) is 49.4 Å². The number of halogens is 1. The molecule has 5 nitrogen and oxygen atoms in total. The molecule has 0 aliphatic carbocycles. The molecule has 140 valence electrons. The summed E-state index contributed by atoms with van der Waals surface area (Å²) < 4.78 is 0. The number of rotatable bonds is 7. The zero-order chi connectivity index (χ0) is 19.6. The number of anilines is 1. The quantitative estimate of drug-likeness (QED) is 0.543. The summed E-state index contributed by atoms with van der Waals surface area (Å²) in [5.74, 6) is -0.569. The molecule has 0 radical (unpaired) electrons. The second-order valence-corrected chi connectivity index (χ2v) is 6.40. The van der Waals surface area contributed by atoms with E-state index in [9.17, 15) is 9.59 Å². The molecule has 6 heteroatoms. The molecule has 0 heterocycles. The lowest BCUT2D eigenvalue weighted by molar-refractivity contribution is -0.124. The molecule has 0 aromatic heterocycles. The van der Waals surface area contributed by atoms with Gasteiger partial charge in [-0.15, -0.1) is 0 Å². The van der Waals surface area contributed by atoms with Crippen molar-refractivity contribution in [1.29, 1.82) is 0 Å². The fourth-order valence-electron chi connectivity index (χ4n) is 2.21. The Kier molecular flexibility index (Phi) is 7.77. The van der Waals surface area contributed by atoms with E-state index < -0.39 is 0 Å². The van der Waals surface area contributed by atoms with Crippen LogP contribution in [0.5, 0.6) is 0 Å². The number of carbonyl (C=O) groups is 2. The van der Waals surface area contributed by atoms with E-state index in [4.69, 9.17) is 11.6 Å². The van der Waals surface area contributed by atoms with Gasteiger partial charge in [0, 0.05) is 23.6 Å². The SMILES string of the molecule is CC(/C=C/c1ccccc1)=N\NC(=O)CCC(=O)Nc1cccc(Cl)c1C. The number of allylic oxidation sites excluding steroid dienone is 1. The van der Waals surface area contributed by atoms with E-state index in [2.05, 4.69) is 15.8 Å². The molecule has 0 saturated carbocycles. The molecule has 0 unspecified atom stereocenters. The van der Waals surface area contributed by atoms with Gasteiger partial charge >= 0.3 is 0 Å². The fourth-order valence-corrected chi connectivity index (χ4v) is 2.38. The number of nitrogens with one attached hydrogen (secondary N) is 2. The van der Waals surface area contributed by atoms with E-state index in [0.29, 0.717) is 16.4 Å². The average molecular weight is 384 g/mol. The number of benzene rings is 2. The molecule has 27 heavy (non-hydrogen) atoms. The minimum Gasteiger partial charge on any atom is -0.326 e. The van der Waals surface area contributed by atoms with Gasteiger partial charge in [0.15, 0.2) is 0 Å². The van der Waals surface area contributed by atoms with Crippen LogP contribution in [0.3, 0.4) is 0 Å². The molecule has 2 rings (SSSR count). The summed E-state index contributed by atoms with van der Waals surface area (Å²) in [5, 5.41) is 7.35. The van der Waals surface area contributed by atoms with Gasteiger partial charge in [-0.25, -0.2) is 5.43 Å². The fraction of sp³-hybridized carbons (Fsp3) is 0.190. The summed E-state index contributed by atoms with van der Waals surface area (Å²) in [5.41, 5.74) is 5.60. The average Bonchev–Trinajstić information content (AvgIpc) is 2.67. The van der Waals surface area contributed by atoms with Crippen LogP contribution < -0.4 is 10.7 Å². The Morgan fingerprint density at radius 2 is 1.74 bits per heavy atom. The van der Waals surface area contributed by atoms with Gasteiger partial charge in [0.25, 0.3) is 0 Å². The molecule has 0 atom stereocenters. The Morgan fingerprint density at radius 1 is 1.04 bits per heavy atom. The van der Waals surface area contributed by atoms with Crippen molar-refractivity contribution in [2.45, 2.75) is 26.7 Å². The molecule has 0 aliphatic heterocycles. The molecular formula is C21H22ClN3O2. The Balaban J connectivity index is 1.77. The Bertz CT molecular complexity index is 861. The second kappa shape index (κ2) is 10.3. The standard InChI is InChI=1S/C21H22ClN3O2/c1-15(11-12-17-7-4-3-5-8-17)24-25-21(27)14-13-20(26)23-19-10-6-9-18(22)16(19)2/h3-12H,13-14H2,1-2H3,(H,23,26)(H,25,27)/b12-11+,24-15+. The first-order valence-electron chi connectivity index (χ1n) is 8.57. The molecule has 0 spiro atoms. The van der Waals surface area contributed by atoms with E-state index in [1.165, 1.54) is 0 Å². The lowest BCUT2D eigenvalue weighted by Crippen LogP contribution is -2.21. The maximum Gasteiger partial charge on any atom is 0.240 e. The van der Waals surface area contributed by atoms with Crippen molar-refractivity contribution in [2.24, 2.45) is 5.10 Å². The Hall–Kier alpha value is -2.92. The molecule has 2 amide bonds. The summed E-state index contributed by atoms with van der Waals surface area (Å²) in [6, 6.07) is 15.1. The van der Waals surface area contributed by atoms with E-state index in [0.717, 1.165) is 11.1 Å². The van der Waals surface area contributed by atoms with Gasteiger partial charge in [0.2, 0.25) is 11.8 Å². The normalized spacial score (nSPS) is 11.4. The molecule has 0 aliphatic rings. The van der Waals surface area contributed by atoms with Gasteiger partial charge in [-0.2, -0.15) is 5.10 Å². The molecular weight excluding hydrogens is 362 g/mol. The maximum absolute atomic E-state index is 12.0. The molecule has 0 bridgehead atoms. The lowest BCUT2D eigenvalue weighted by atomic mass is 10.2. The van der Waals surface area contributed by atoms with Gasteiger partial charge in [0.05, 0.1) is 5.71 Å². The summed E-state index contributed by atoms with van der Waals surface area (Å²) in [6.45, 7) is 3.61. The van der Waals surface area contributed by atoms with Crippen LogP contribution in [-0.4, -0.2) is 17.5 Å². The van der Waals surface area contributed by atoms with Crippen molar-refractivity contribution in [3.8, 4) is 0 Å². The molecule has 2 aromatic carbocycles. The van der Waals surface area contributed by atoms with Crippen LogP contribution in [0.25, 0.3) is 6.08 Å². The van der Waals surface area contributed by atoms with Crippen molar-refractivity contribution in [3.63, 3.8) is 0 Å². The third kappa shape index (κ3) is 7.07. The first-order valence-corrected chi connectivity index (χ1v) is 8.94. The Morgan fingerprint density at radius 3 is 2.48 bits per heavy atom. The number of nitrogens with zero attached hydrogens (tertiary/aromatic N) is 1. The van der Waals surface area contributed by atoms with E-state index in [-0.39, 0.29) is 24.7 Å². The van der Waals surface area contributed by atoms with Crippen LogP contribution in [-0.2, 0) is 9.59 Å². The predicted octanol–water partition coefficient (Wildman–Crippen LogP) is 4.57. The lowest BCUT2D eigenvalue weighted by Gasteiger charge is -2.09. The van der Waals surface area contributed by atoms with Gasteiger partial charge in [-0.05, 0) is 43.2 Å². The minimum absolute atomic E-state index is 0.0463. The van der Waals surface area contributed by atoms with Crippen LogP contribution in [0.15, 0.2) is 59.7 Å².